The molecule has 1 aromatic heterocycles. The number of H-pyrrole nitrogens is 1. The van der Waals surface area contributed by atoms with Crippen LogP contribution in [-0.4, -0.2) is 83.1 Å². The second-order valence-electron chi connectivity index (χ2n) is 5.45. The maximum absolute atomic E-state index is 11.7. The molecule has 167 valence electrons. The number of phosphoric ester groups is 1. The summed E-state index contributed by atoms with van der Waals surface area (Å²) in [6, 6.07) is 0.920. The number of ether oxygens (including phenoxy) is 1. The van der Waals surface area contributed by atoms with Gasteiger partial charge in [-0.1, -0.05) is 0 Å². The van der Waals surface area contributed by atoms with Gasteiger partial charge in [0.25, 0.3) is 5.56 Å². The molecule has 1 aliphatic rings. The van der Waals surface area contributed by atoms with Gasteiger partial charge in [-0.2, -0.15) is 8.62 Å². The minimum absolute atomic E-state index is 0. The molecule has 2 unspecified atom stereocenters. The van der Waals surface area contributed by atoms with Gasteiger partial charge >= 0.3 is 29.2 Å². The summed E-state index contributed by atoms with van der Waals surface area (Å²) in [6.07, 6.45) is -5.70. The number of nitrogens with one attached hydrogen (secondary N) is 1. The molecule has 0 spiro atoms. The van der Waals surface area contributed by atoms with Crippen molar-refractivity contribution in [3.05, 3.63) is 33.1 Å². The summed E-state index contributed by atoms with van der Waals surface area (Å²) in [5, 5.41) is 19.9. The summed E-state index contributed by atoms with van der Waals surface area (Å²) >= 11 is 0. The second kappa shape index (κ2) is 10.0. The fourth-order valence-corrected chi connectivity index (χ4v) is 5.23. The molecule has 0 aromatic carbocycles. The number of aromatic nitrogens is 2. The predicted octanol–water partition coefficient (Wildman–Crippen LogP) is -2.88. The van der Waals surface area contributed by atoms with Gasteiger partial charge in [0.1, 0.15) is 18.3 Å². The smallest absolute Gasteiger partial charge is 0.387 e. The van der Waals surface area contributed by atoms with Crippen molar-refractivity contribution < 1.29 is 61.4 Å². The molecule has 1 aromatic rings. The normalized spacial score (nSPS) is 28.3. The molecule has 17 nitrogen and oxygen atoms in total. The van der Waals surface area contributed by atoms with Crippen molar-refractivity contribution in [2.45, 2.75) is 24.5 Å². The van der Waals surface area contributed by atoms with Gasteiger partial charge in [-0.05, 0) is 0 Å². The van der Waals surface area contributed by atoms with Crippen molar-refractivity contribution in [2.75, 3.05) is 6.61 Å². The Balaban J connectivity index is 0.00000450. The minimum Gasteiger partial charge on any atom is -0.387 e. The van der Waals surface area contributed by atoms with Crippen molar-refractivity contribution in [1.82, 2.24) is 9.55 Å². The van der Waals surface area contributed by atoms with Crippen molar-refractivity contribution in [3.8, 4) is 0 Å². The van der Waals surface area contributed by atoms with E-state index < -0.39 is 65.9 Å². The quantitative estimate of drug-likeness (QED) is 0.107. The molecule has 1 aliphatic heterocycles. The van der Waals surface area contributed by atoms with E-state index >= 15 is 0 Å². The molecular weight excluding hydrogens is 487 g/mol. The molecule has 2 heterocycles. The van der Waals surface area contributed by atoms with E-state index in [2.05, 4.69) is 13.1 Å². The standard InChI is InChI=1S/C9H15N2O15P3.Li/c12-5-1-2-11(9(15)10-5)8-7(14)6(13)4(24-8)3-23-28(19,20)26-29(21,22)25-27(16,17)18;/h1-2,4,6-8,13-14H,3H2,(H,19,20)(H,21,22)(H,10,12,15)(H2,16,17,18);/t4-,6-,7-,8-;/m1./s1/i1+1,2+1,3+1,4+1,5+1,6+1,7+1,8+1,9+1,10+1,11+1;. The number of phosphoric acid groups is 3. The van der Waals surface area contributed by atoms with Gasteiger partial charge in [0, 0.05) is 31.1 Å². The molecule has 1 radical (unpaired) electrons. The number of hydrogen-bond donors (Lipinski definition) is 7. The monoisotopic (exact) mass is 502 g/mol. The second-order valence-corrected chi connectivity index (χ2v) is 9.87. The Morgan fingerprint density at radius 2 is 1.63 bits per heavy atom. The molecule has 7 N–H and O–H groups in total. The molecule has 21 heteroatoms. The Morgan fingerprint density at radius 3 is 2.17 bits per heavy atom. The molecule has 2 rings (SSSR count). The van der Waals surface area contributed by atoms with Crippen LogP contribution in [-0.2, 0) is 31.6 Å². The topological polar surface area (TPSA) is 264 Å². The summed E-state index contributed by atoms with van der Waals surface area (Å²) < 4.78 is 50.6. The van der Waals surface area contributed by atoms with E-state index in [1.807, 2.05) is 4.98 Å². The van der Waals surface area contributed by atoms with Crippen LogP contribution in [0.3, 0.4) is 0 Å². The first-order valence-corrected chi connectivity index (χ1v) is 11.7. The third kappa shape index (κ3) is 7.61. The van der Waals surface area contributed by atoms with Crippen molar-refractivity contribution in [3.63, 3.8) is 0 Å². The molecule has 0 aliphatic carbocycles. The maximum Gasteiger partial charge on any atom is 0.490 e. The number of aliphatic hydroxyl groups excluding tert-OH is 2. The number of nitrogens with zero attached hydrogens (tertiary/aromatic N) is 1. The van der Waals surface area contributed by atoms with Crippen LogP contribution in [0, 0.1) is 0 Å². The van der Waals surface area contributed by atoms with Gasteiger partial charge in [0.15, 0.2) is 6.23 Å². The summed E-state index contributed by atoms with van der Waals surface area (Å²) in [5.41, 5.74) is -1.74. The Labute approximate surface area is 177 Å². The summed E-state index contributed by atoms with van der Waals surface area (Å²) in [6.45, 7) is -1.05. The predicted molar refractivity (Wildman–Crippen MR) is 92.8 cm³/mol. The van der Waals surface area contributed by atoms with E-state index in [1.54, 1.807) is 0 Å². The first-order chi connectivity index (χ1) is 13.1. The summed E-state index contributed by atoms with van der Waals surface area (Å²) in [4.78, 5) is 59.9. The third-order valence-electron chi connectivity index (χ3n) is 3.28. The molecule has 1 saturated heterocycles. The number of hydrogen-bond acceptors (Lipinski definition) is 11. The van der Waals surface area contributed by atoms with E-state index in [1.165, 1.54) is 0 Å². The van der Waals surface area contributed by atoms with Gasteiger partial charge < -0.3 is 34.5 Å². The molecule has 6 atom stereocenters. The zero-order valence-corrected chi connectivity index (χ0v) is 17.5. The average Bonchev–Trinajstić information content (AvgIpc) is 2.78. The van der Waals surface area contributed by atoms with E-state index in [9.17, 15) is 38.4 Å². The maximum atomic E-state index is 11.7. The Kier molecular flexibility index (Phi) is 9.21. The fraction of sp³-hybridized carbons (Fsp3) is 0.556. The van der Waals surface area contributed by atoms with E-state index in [0.29, 0.717) is 4.57 Å². The minimum atomic E-state index is -5.73. The first kappa shape index (κ1) is 27.6. The third-order valence-corrected chi connectivity index (χ3v) is 7.08. The van der Waals surface area contributed by atoms with Crippen LogP contribution in [0.5, 0.6) is 0 Å². The molecular formula is C9H15LiN2O15P3. The Hall–Kier alpha value is -0.433. The van der Waals surface area contributed by atoms with Crippen LogP contribution < -0.4 is 11.2 Å². The Morgan fingerprint density at radius 1 is 1.03 bits per heavy atom. The van der Waals surface area contributed by atoms with Gasteiger partial charge in [-0.25, -0.2) is 18.5 Å². The number of aliphatic hydroxyl groups is 2. The first-order valence-electron chi connectivity index (χ1n) is 7.22. The van der Waals surface area contributed by atoms with E-state index in [-0.39, 0.29) is 18.9 Å². The SMILES string of the molecule is O=[13c]1[13cH][13cH][15n]([13C@@H]2O[13C@H]([13CH2]OP(=O)(O)OP(=O)(O)OP(=O)(O)O)[13C@@H](O)[13C@H]2O)[13c](=O)[15nH]1.[Li]. The summed E-state index contributed by atoms with van der Waals surface area (Å²) in [5.74, 6) is 0. The van der Waals surface area contributed by atoms with Crippen LogP contribution in [0.1, 0.15) is 6.23 Å². The van der Waals surface area contributed by atoms with Gasteiger partial charge in [-0.3, -0.25) is 18.9 Å². The number of aromatic amines is 1. The van der Waals surface area contributed by atoms with E-state index in [4.69, 9.17) is 19.4 Å². The molecule has 0 bridgehead atoms. The van der Waals surface area contributed by atoms with E-state index in [0.717, 1.165) is 12.3 Å². The zero-order valence-electron chi connectivity index (χ0n) is 14.8. The Bertz CT molecular complexity index is 1000. The van der Waals surface area contributed by atoms with Crippen molar-refractivity contribution >= 4 is 42.3 Å². The van der Waals surface area contributed by atoms with Crippen LogP contribution in [0.25, 0.3) is 0 Å². The van der Waals surface area contributed by atoms with Crippen LogP contribution in [0.2, 0.25) is 0 Å². The molecule has 0 amide bonds. The average molecular weight is 502 g/mol. The van der Waals surface area contributed by atoms with Gasteiger partial charge in [0.2, 0.25) is 0 Å². The number of rotatable bonds is 8. The van der Waals surface area contributed by atoms with Crippen molar-refractivity contribution in [1.29, 1.82) is 0 Å². The van der Waals surface area contributed by atoms with Crippen LogP contribution in [0.15, 0.2) is 21.9 Å². The fourth-order valence-electron chi connectivity index (χ4n) is 2.20. The van der Waals surface area contributed by atoms with Crippen LogP contribution >= 0.6 is 23.5 Å². The zero-order chi connectivity index (χ0) is 22.2. The largest absolute Gasteiger partial charge is 0.490 e. The van der Waals surface area contributed by atoms with Gasteiger partial charge in [0.05, 0.1) is 6.61 Å². The molecule has 1 fully saturated rings. The molecule has 30 heavy (non-hydrogen) atoms. The molecule has 0 saturated carbocycles. The van der Waals surface area contributed by atoms with Gasteiger partial charge in [-0.15, -0.1) is 0 Å². The van der Waals surface area contributed by atoms with Crippen molar-refractivity contribution in [2.24, 2.45) is 0 Å². The summed E-state index contributed by atoms with van der Waals surface area (Å²) in [7, 11) is -16.8. The van der Waals surface area contributed by atoms with Crippen LogP contribution in [0.4, 0.5) is 0 Å².